The van der Waals surface area contributed by atoms with Gasteiger partial charge in [0.05, 0.1) is 5.02 Å². The van der Waals surface area contributed by atoms with Crippen LogP contribution >= 0.6 is 11.6 Å². The molecule has 0 heterocycles. The first-order valence-corrected chi connectivity index (χ1v) is 4.93. The molecule has 0 spiro atoms. The van der Waals surface area contributed by atoms with E-state index in [0.29, 0.717) is 16.1 Å². The predicted octanol–water partition coefficient (Wildman–Crippen LogP) is 3.37. The van der Waals surface area contributed by atoms with Gasteiger partial charge in [0.15, 0.2) is 5.78 Å². The van der Waals surface area contributed by atoms with Crippen LogP contribution in [0.1, 0.15) is 15.9 Å². The second-order valence-electron chi connectivity index (χ2n) is 3.09. The summed E-state index contributed by atoms with van der Waals surface area (Å²) in [5, 5.41) is 0.436. The van der Waals surface area contributed by atoms with Crippen LogP contribution in [-0.2, 0) is 0 Å². The Labute approximate surface area is 93.3 Å². The van der Waals surface area contributed by atoms with Crippen LogP contribution < -0.4 is 0 Å². The highest BCUT2D eigenvalue weighted by Crippen LogP contribution is 2.18. The van der Waals surface area contributed by atoms with E-state index in [-0.39, 0.29) is 5.78 Å². The Bertz CT molecular complexity index is 477. The molecule has 73 valence electrons. The summed E-state index contributed by atoms with van der Waals surface area (Å²) in [5.74, 6) is -0.0961. The Hall–Kier alpha value is -1.60. The second-order valence-corrected chi connectivity index (χ2v) is 3.50. The third-order valence-corrected chi connectivity index (χ3v) is 2.38. The third-order valence-electron chi connectivity index (χ3n) is 2.07. The molecular weight excluding hydrogens is 208 g/mol. The van der Waals surface area contributed by atoms with E-state index < -0.39 is 0 Å². The van der Waals surface area contributed by atoms with E-state index in [9.17, 15) is 4.79 Å². The molecule has 15 heavy (non-hydrogen) atoms. The van der Waals surface area contributed by atoms with Gasteiger partial charge < -0.3 is 0 Å². The topological polar surface area (TPSA) is 17.1 Å². The maximum absolute atomic E-state index is 12.0. The van der Waals surface area contributed by atoms with Crippen LogP contribution in [0, 0.1) is 6.07 Å². The minimum atomic E-state index is -0.0961. The highest BCUT2D eigenvalue weighted by molar-refractivity contribution is 6.34. The van der Waals surface area contributed by atoms with Gasteiger partial charge in [-0.1, -0.05) is 54.1 Å². The van der Waals surface area contributed by atoms with Crippen LogP contribution in [0.2, 0.25) is 5.02 Å². The fourth-order valence-corrected chi connectivity index (χ4v) is 1.54. The molecule has 0 saturated carbocycles. The Kier molecular flexibility index (Phi) is 2.84. The van der Waals surface area contributed by atoms with Crippen LogP contribution in [0.3, 0.4) is 0 Å². The van der Waals surface area contributed by atoms with E-state index in [1.807, 2.05) is 18.2 Å². The van der Waals surface area contributed by atoms with E-state index >= 15 is 0 Å². The predicted molar refractivity (Wildman–Crippen MR) is 60.2 cm³/mol. The van der Waals surface area contributed by atoms with E-state index in [4.69, 9.17) is 11.6 Å². The maximum Gasteiger partial charge on any atom is 0.195 e. The first kappa shape index (κ1) is 9.94. The highest BCUT2D eigenvalue weighted by Gasteiger charge is 2.11. The second kappa shape index (κ2) is 4.28. The zero-order valence-corrected chi connectivity index (χ0v) is 8.66. The molecule has 0 aliphatic rings. The lowest BCUT2D eigenvalue weighted by atomic mass is 10.0. The molecule has 0 aliphatic carbocycles. The molecule has 1 nitrogen and oxygen atoms in total. The van der Waals surface area contributed by atoms with E-state index in [0.717, 1.165) is 0 Å². The quantitative estimate of drug-likeness (QED) is 0.702. The Morgan fingerprint density at radius 3 is 2.47 bits per heavy atom. The van der Waals surface area contributed by atoms with Crippen molar-refractivity contribution in [2.45, 2.75) is 0 Å². The molecule has 0 aromatic heterocycles. The standard InChI is InChI=1S/C13H8ClO/c14-12-9-5-4-8-11(12)13(15)10-6-2-1-3-7-10/h1-7,9H. The zero-order valence-electron chi connectivity index (χ0n) is 7.91. The molecule has 2 rings (SSSR count). The molecule has 0 fully saturated rings. The normalized spacial score (nSPS) is 9.93. The molecular formula is C13H8ClO. The van der Waals surface area contributed by atoms with Crippen molar-refractivity contribution in [1.29, 1.82) is 0 Å². The number of benzene rings is 2. The molecule has 0 atom stereocenters. The minimum absolute atomic E-state index is 0.0961. The van der Waals surface area contributed by atoms with Gasteiger partial charge >= 0.3 is 0 Å². The van der Waals surface area contributed by atoms with Gasteiger partial charge in [-0.2, -0.15) is 0 Å². The summed E-state index contributed by atoms with van der Waals surface area (Å²) in [6.07, 6.45) is 0. The first-order chi connectivity index (χ1) is 7.29. The van der Waals surface area contributed by atoms with Gasteiger partial charge in [-0.3, -0.25) is 4.79 Å². The van der Waals surface area contributed by atoms with Crippen LogP contribution in [-0.4, -0.2) is 5.78 Å². The van der Waals surface area contributed by atoms with Gasteiger partial charge in [-0.15, -0.1) is 0 Å². The minimum Gasteiger partial charge on any atom is -0.289 e. The molecule has 0 saturated heterocycles. The fraction of sp³-hybridized carbons (Fsp3) is 0. The molecule has 2 aromatic rings. The number of ketones is 1. The van der Waals surface area contributed by atoms with Gasteiger partial charge in [-0.25, -0.2) is 0 Å². The van der Waals surface area contributed by atoms with Crippen molar-refractivity contribution >= 4 is 17.4 Å². The van der Waals surface area contributed by atoms with Crippen molar-refractivity contribution in [3.05, 3.63) is 70.7 Å². The van der Waals surface area contributed by atoms with Crippen molar-refractivity contribution in [3.8, 4) is 0 Å². The van der Waals surface area contributed by atoms with Gasteiger partial charge in [0.25, 0.3) is 0 Å². The zero-order chi connectivity index (χ0) is 10.7. The number of hydrogen-bond acceptors (Lipinski definition) is 1. The highest BCUT2D eigenvalue weighted by atomic mass is 35.5. The van der Waals surface area contributed by atoms with E-state index in [2.05, 4.69) is 6.07 Å². The average molecular weight is 216 g/mol. The number of hydrogen-bond donors (Lipinski definition) is 0. The number of carbonyl (C=O) groups excluding carboxylic acids is 1. The molecule has 0 bridgehead atoms. The number of rotatable bonds is 2. The smallest absolute Gasteiger partial charge is 0.195 e. The largest absolute Gasteiger partial charge is 0.289 e. The Balaban J connectivity index is 2.42. The summed E-state index contributed by atoms with van der Waals surface area (Å²) in [6, 6.07) is 17.0. The summed E-state index contributed by atoms with van der Waals surface area (Å²) in [5.41, 5.74) is 1.05. The lowest BCUT2D eigenvalue weighted by Crippen LogP contribution is -2.01. The Morgan fingerprint density at radius 2 is 1.80 bits per heavy atom. The summed E-state index contributed by atoms with van der Waals surface area (Å²) in [7, 11) is 0. The van der Waals surface area contributed by atoms with E-state index in [1.54, 1.807) is 30.3 Å². The SMILES string of the molecule is O=C(c1ccccc1)c1[c]cccc1Cl. The van der Waals surface area contributed by atoms with Crippen LogP contribution in [0.25, 0.3) is 0 Å². The summed E-state index contributed by atoms with van der Waals surface area (Å²) < 4.78 is 0. The molecule has 0 unspecified atom stereocenters. The Morgan fingerprint density at radius 1 is 1.07 bits per heavy atom. The van der Waals surface area contributed by atoms with Crippen molar-refractivity contribution in [1.82, 2.24) is 0 Å². The maximum atomic E-state index is 12.0. The van der Waals surface area contributed by atoms with Crippen molar-refractivity contribution in [2.75, 3.05) is 0 Å². The fourth-order valence-electron chi connectivity index (χ4n) is 1.32. The van der Waals surface area contributed by atoms with Gasteiger partial charge in [0.2, 0.25) is 0 Å². The summed E-state index contributed by atoms with van der Waals surface area (Å²) >= 11 is 5.92. The molecule has 0 N–H and O–H groups in total. The molecule has 1 radical (unpaired) electrons. The molecule has 2 heteroatoms. The van der Waals surface area contributed by atoms with Crippen molar-refractivity contribution < 1.29 is 4.79 Å². The van der Waals surface area contributed by atoms with Crippen LogP contribution in [0.5, 0.6) is 0 Å². The van der Waals surface area contributed by atoms with Gasteiger partial charge in [0, 0.05) is 11.1 Å². The number of carbonyl (C=O) groups is 1. The lowest BCUT2D eigenvalue weighted by molar-refractivity contribution is 0.103. The van der Waals surface area contributed by atoms with Gasteiger partial charge in [0.1, 0.15) is 0 Å². The molecule has 0 aliphatic heterocycles. The third kappa shape index (κ3) is 2.08. The number of halogens is 1. The molecule has 0 amide bonds. The van der Waals surface area contributed by atoms with Gasteiger partial charge in [-0.05, 0) is 12.1 Å². The average Bonchev–Trinajstić information content (AvgIpc) is 2.30. The van der Waals surface area contributed by atoms with Crippen molar-refractivity contribution in [2.24, 2.45) is 0 Å². The van der Waals surface area contributed by atoms with Crippen molar-refractivity contribution in [3.63, 3.8) is 0 Å². The monoisotopic (exact) mass is 215 g/mol. The van der Waals surface area contributed by atoms with E-state index in [1.165, 1.54) is 0 Å². The summed E-state index contributed by atoms with van der Waals surface area (Å²) in [6.45, 7) is 0. The first-order valence-electron chi connectivity index (χ1n) is 4.55. The van der Waals surface area contributed by atoms with Crippen LogP contribution in [0.15, 0.2) is 48.5 Å². The van der Waals surface area contributed by atoms with Crippen LogP contribution in [0.4, 0.5) is 0 Å². The molecule has 2 aromatic carbocycles. The summed E-state index contributed by atoms with van der Waals surface area (Å²) in [4.78, 5) is 12.0. The lowest BCUT2D eigenvalue weighted by Gasteiger charge is -2.01.